The third-order valence-electron chi connectivity index (χ3n) is 6.73. The fraction of sp³-hybridized carbons (Fsp3) is 0.500. The van der Waals surface area contributed by atoms with Crippen LogP contribution >= 0.6 is 23.2 Å². The van der Waals surface area contributed by atoms with E-state index in [4.69, 9.17) is 33.3 Å². The highest BCUT2D eigenvalue weighted by atomic mass is 35.5. The first kappa shape index (κ1) is 19.1. The van der Waals surface area contributed by atoms with Gasteiger partial charge in [0.25, 0.3) is 0 Å². The second kappa shape index (κ2) is 7.77. The maximum Gasteiger partial charge on any atom is 0.149 e. The van der Waals surface area contributed by atoms with Gasteiger partial charge < -0.3 is 4.90 Å². The first-order valence-corrected chi connectivity index (χ1v) is 11.2. The minimum Gasteiger partial charge on any atom is -0.311 e. The van der Waals surface area contributed by atoms with E-state index in [9.17, 15) is 0 Å². The Morgan fingerprint density at radius 3 is 2.72 bits per heavy atom. The maximum absolute atomic E-state index is 6.28. The first-order valence-electron chi connectivity index (χ1n) is 10.5. The molecule has 0 bridgehead atoms. The summed E-state index contributed by atoms with van der Waals surface area (Å²) in [6.45, 7) is 2.27. The van der Waals surface area contributed by atoms with Gasteiger partial charge in [-0.15, -0.1) is 0 Å². The van der Waals surface area contributed by atoms with E-state index in [0.717, 1.165) is 65.8 Å². The zero-order chi connectivity index (χ0) is 20.0. The molecule has 152 valence electrons. The Balaban J connectivity index is 1.32. The van der Waals surface area contributed by atoms with E-state index in [1.807, 2.05) is 30.9 Å². The molecule has 3 heterocycles. The molecule has 0 amide bonds. The first-order chi connectivity index (χ1) is 14.1. The molecule has 1 aromatic heterocycles. The van der Waals surface area contributed by atoms with Crippen molar-refractivity contribution in [2.45, 2.75) is 63.5 Å². The van der Waals surface area contributed by atoms with Crippen LogP contribution in [0.4, 0.5) is 0 Å². The second-order valence-corrected chi connectivity index (χ2v) is 9.33. The molecule has 4 aliphatic rings. The Morgan fingerprint density at radius 1 is 1.10 bits per heavy atom. The molecule has 1 fully saturated rings. The Kier molecular flexibility index (Phi) is 5.12. The summed E-state index contributed by atoms with van der Waals surface area (Å²) in [7, 11) is 0. The van der Waals surface area contributed by atoms with Gasteiger partial charge in [-0.3, -0.25) is 9.98 Å². The van der Waals surface area contributed by atoms with Crippen LogP contribution in [0.2, 0.25) is 5.02 Å². The van der Waals surface area contributed by atoms with E-state index < -0.39 is 0 Å². The van der Waals surface area contributed by atoms with Gasteiger partial charge in [-0.25, -0.2) is 5.01 Å². The van der Waals surface area contributed by atoms with E-state index in [2.05, 4.69) is 27.9 Å². The molecule has 0 N–H and O–H groups in total. The summed E-state index contributed by atoms with van der Waals surface area (Å²) in [6.07, 6.45) is 14.2. The summed E-state index contributed by atoms with van der Waals surface area (Å²) in [5.74, 6) is 1.96. The van der Waals surface area contributed by atoms with Crippen LogP contribution in [-0.2, 0) is 0 Å². The molecule has 0 radical (unpaired) electrons. The lowest BCUT2D eigenvalue weighted by molar-refractivity contribution is 0.169. The summed E-state index contributed by atoms with van der Waals surface area (Å²) in [6, 6.07) is 4.56. The molecule has 29 heavy (non-hydrogen) atoms. The van der Waals surface area contributed by atoms with E-state index in [0.29, 0.717) is 23.9 Å². The Bertz CT molecular complexity index is 914. The van der Waals surface area contributed by atoms with Gasteiger partial charge in [0.2, 0.25) is 0 Å². The number of hydrogen-bond acceptors (Lipinski definition) is 5. The third-order valence-corrected chi connectivity index (χ3v) is 7.27. The number of hydrogen-bond donors (Lipinski definition) is 0. The minimum absolute atomic E-state index is 0.323. The van der Waals surface area contributed by atoms with Crippen molar-refractivity contribution in [1.29, 1.82) is 0 Å². The standard InChI is InChI=1S/C22H25Cl2N5/c1-14-19-7-4-16(23)11-21(19)26-12-22-28(14)13-27-29(22)18-5-2-15(3-6-18)20-10-17(24)8-9-25-20/h8-15,18-19H,2-7H2,1H3. The molecule has 0 spiro atoms. The number of aromatic nitrogens is 1. The zero-order valence-corrected chi connectivity index (χ0v) is 18.0. The predicted molar refractivity (Wildman–Crippen MR) is 118 cm³/mol. The monoisotopic (exact) mass is 429 g/mol. The van der Waals surface area contributed by atoms with Crippen LogP contribution in [0.1, 0.15) is 57.1 Å². The normalized spacial score (nSPS) is 31.5. The summed E-state index contributed by atoms with van der Waals surface area (Å²) in [5.41, 5.74) is 2.21. The molecular weight excluding hydrogens is 405 g/mol. The summed E-state index contributed by atoms with van der Waals surface area (Å²) in [4.78, 5) is 11.6. The molecule has 5 nitrogen and oxygen atoms in total. The number of rotatable bonds is 2. The van der Waals surface area contributed by atoms with E-state index in [-0.39, 0.29) is 0 Å². The fourth-order valence-electron chi connectivity index (χ4n) is 5.06. The van der Waals surface area contributed by atoms with Crippen LogP contribution in [-0.4, -0.2) is 39.0 Å². The molecule has 0 aromatic carbocycles. The molecule has 2 aliphatic heterocycles. The lowest BCUT2D eigenvalue weighted by atomic mass is 9.83. The van der Waals surface area contributed by atoms with Crippen LogP contribution in [0.15, 0.2) is 51.6 Å². The summed E-state index contributed by atoms with van der Waals surface area (Å²) in [5, 5.41) is 8.64. The van der Waals surface area contributed by atoms with Crippen molar-refractivity contribution in [3.63, 3.8) is 0 Å². The van der Waals surface area contributed by atoms with Crippen molar-refractivity contribution < 1.29 is 0 Å². The zero-order valence-electron chi connectivity index (χ0n) is 16.5. The van der Waals surface area contributed by atoms with E-state index in [1.54, 1.807) is 0 Å². The second-order valence-electron chi connectivity index (χ2n) is 8.41. The third kappa shape index (κ3) is 3.59. The fourth-order valence-corrected chi connectivity index (χ4v) is 5.45. The van der Waals surface area contributed by atoms with Crippen molar-refractivity contribution in [2.24, 2.45) is 16.0 Å². The smallest absolute Gasteiger partial charge is 0.149 e. The molecule has 0 saturated heterocycles. The van der Waals surface area contributed by atoms with Gasteiger partial charge in [-0.05, 0) is 63.7 Å². The van der Waals surface area contributed by atoms with Crippen LogP contribution in [0.25, 0.3) is 0 Å². The van der Waals surface area contributed by atoms with E-state index >= 15 is 0 Å². The molecule has 1 saturated carbocycles. The molecule has 2 unspecified atom stereocenters. The van der Waals surface area contributed by atoms with Crippen LogP contribution in [0.3, 0.4) is 0 Å². The highest BCUT2D eigenvalue weighted by Crippen LogP contribution is 2.39. The average molecular weight is 430 g/mol. The van der Waals surface area contributed by atoms with Crippen molar-refractivity contribution in [3.8, 4) is 0 Å². The van der Waals surface area contributed by atoms with Crippen molar-refractivity contribution in [2.75, 3.05) is 0 Å². The number of pyridine rings is 1. The Hall–Kier alpha value is -1.85. The Morgan fingerprint density at radius 2 is 1.93 bits per heavy atom. The van der Waals surface area contributed by atoms with E-state index in [1.165, 1.54) is 0 Å². The molecule has 2 atom stereocenters. The van der Waals surface area contributed by atoms with Gasteiger partial charge in [-0.1, -0.05) is 23.2 Å². The van der Waals surface area contributed by atoms with Crippen LogP contribution < -0.4 is 0 Å². The highest BCUT2D eigenvalue weighted by molar-refractivity contribution is 6.31. The lowest BCUT2D eigenvalue weighted by Crippen LogP contribution is -2.41. The molecule has 2 aliphatic carbocycles. The number of fused-ring (bicyclic) bond motifs is 2. The number of aliphatic imine (C=N–C) groups is 1. The van der Waals surface area contributed by atoms with Gasteiger partial charge in [0.1, 0.15) is 12.2 Å². The topological polar surface area (TPSA) is 44.1 Å². The number of halogens is 2. The Labute approximate surface area is 181 Å². The largest absolute Gasteiger partial charge is 0.311 e. The minimum atomic E-state index is 0.323. The molecule has 7 heteroatoms. The quantitative estimate of drug-likeness (QED) is 0.623. The number of nitrogens with zero attached hydrogens (tertiary/aromatic N) is 5. The average Bonchev–Trinajstić information content (AvgIpc) is 3.10. The molecular formula is C22H25Cl2N5. The molecule has 5 rings (SSSR count). The molecule has 1 aromatic rings. The van der Waals surface area contributed by atoms with Gasteiger partial charge >= 0.3 is 0 Å². The summed E-state index contributed by atoms with van der Waals surface area (Å²) >= 11 is 12.4. The van der Waals surface area contributed by atoms with Gasteiger partial charge in [0, 0.05) is 45.5 Å². The van der Waals surface area contributed by atoms with Crippen LogP contribution in [0, 0.1) is 5.92 Å². The maximum atomic E-state index is 6.28. The highest BCUT2D eigenvalue weighted by Gasteiger charge is 2.38. The number of allylic oxidation sites excluding steroid dienone is 2. The van der Waals surface area contributed by atoms with Gasteiger partial charge in [0.15, 0.2) is 0 Å². The van der Waals surface area contributed by atoms with Crippen molar-refractivity contribution >= 4 is 35.3 Å². The van der Waals surface area contributed by atoms with Gasteiger partial charge in [0.05, 0.1) is 12.2 Å². The summed E-state index contributed by atoms with van der Waals surface area (Å²) < 4.78 is 0. The van der Waals surface area contributed by atoms with Gasteiger partial charge in [-0.2, -0.15) is 5.10 Å². The predicted octanol–water partition coefficient (Wildman–Crippen LogP) is 5.50. The van der Waals surface area contributed by atoms with Crippen LogP contribution in [0.5, 0.6) is 0 Å². The van der Waals surface area contributed by atoms with Crippen molar-refractivity contribution in [3.05, 3.63) is 52.2 Å². The number of hydrazone groups is 1. The SMILES string of the molecule is CC1C2CCC(Cl)=CC2=NC=C2N1C=NN2C1CCC(c2cc(Cl)ccn2)CC1. The van der Waals surface area contributed by atoms with Crippen molar-refractivity contribution in [1.82, 2.24) is 14.9 Å². The lowest BCUT2D eigenvalue weighted by Gasteiger charge is -2.36.